The van der Waals surface area contributed by atoms with Crippen molar-refractivity contribution in [2.45, 2.75) is 52.9 Å². The van der Waals surface area contributed by atoms with Gasteiger partial charge in [-0.25, -0.2) is 8.78 Å². The summed E-state index contributed by atoms with van der Waals surface area (Å²) in [6.45, 7) is 4.75. The number of hydrogen-bond donors (Lipinski definition) is 0. The fraction of sp³-hybridized carbons (Fsp3) is 0.923. The van der Waals surface area contributed by atoms with Gasteiger partial charge >= 0.3 is 0 Å². The summed E-state index contributed by atoms with van der Waals surface area (Å²) in [6.07, 6.45) is -0.908. The van der Waals surface area contributed by atoms with Crippen molar-refractivity contribution in [3.63, 3.8) is 0 Å². The molecule has 0 heterocycles. The van der Waals surface area contributed by atoms with E-state index in [0.29, 0.717) is 12.8 Å². The van der Waals surface area contributed by atoms with Crippen LogP contribution in [0.3, 0.4) is 0 Å². The number of alkyl halides is 3. The molecule has 0 bridgehead atoms. The molecule has 0 aromatic rings. The highest BCUT2D eigenvalue weighted by molar-refractivity contribution is 4.92. The van der Waals surface area contributed by atoms with E-state index in [4.69, 9.17) is 5.26 Å². The molecule has 0 saturated carbocycles. The topological polar surface area (TPSA) is 23.8 Å². The summed E-state index contributed by atoms with van der Waals surface area (Å²) < 4.78 is 38.1. The smallest absolute Gasteiger partial charge is 0.241 e. The molecule has 0 aliphatic heterocycles. The van der Waals surface area contributed by atoms with Gasteiger partial charge in [0, 0.05) is 5.92 Å². The molecule has 0 aromatic heterocycles. The first-order valence-corrected chi connectivity index (χ1v) is 6.11. The van der Waals surface area contributed by atoms with Gasteiger partial charge in [0.05, 0.1) is 18.2 Å². The summed E-state index contributed by atoms with van der Waals surface area (Å²) in [5.74, 6) is -1.07. The van der Waals surface area contributed by atoms with Gasteiger partial charge in [0.1, 0.15) is 0 Å². The van der Waals surface area contributed by atoms with Gasteiger partial charge in [-0.2, -0.15) is 5.26 Å². The third-order valence-electron chi connectivity index (χ3n) is 3.23. The molecule has 2 unspecified atom stereocenters. The van der Waals surface area contributed by atoms with E-state index < -0.39 is 24.4 Å². The Morgan fingerprint density at radius 1 is 1.29 bits per heavy atom. The third-order valence-corrected chi connectivity index (χ3v) is 3.23. The quantitative estimate of drug-likeness (QED) is 0.617. The van der Waals surface area contributed by atoms with Gasteiger partial charge in [0.15, 0.2) is 0 Å². The van der Waals surface area contributed by atoms with Crippen molar-refractivity contribution in [1.82, 2.24) is 0 Å². The molecule has 0 rings (SSSR count). The minimum Gasteiger partial charge on any atom is -0.251 e. The minimum absolute atomic E-state index is 0.214. The zero-order valence-electron chi connectivity index (χ0n) is 10.8. The maximum absolute atomic E-state index is 12.8. The van der Waals surface area contributed by atoms with Crippen molar-refractivity contribution in [3.05, 3.63) is 0 Å². The van der Waals surface area contributed by atoms with Crippen molar-refractivity contribution >= 4 is 0 Å². The van der Waals surface area contributed by atoms with Crippen molar-refractivity contribution in [1.29, 1.82) is 5.26 Å². The van der Waals surface area contributed by atoms with Gasteiger partial charge in [-0.1, -0.05) is 13.3 Å². The highest BCUT2D eigenvalue weighted by Crippen LogP contribution is 2.31. The molecule has 0 N–H and O–H groups in total. The molecular weight excluding hydrogens is 227 g/mol. The van der Waals surface area contributed by atoms with Crippen LogP contribution in [0.25, 0.3) is 0 Å². The van der Waals surface area contributed by atoms with Crippen LogP contribution in [0, 0.1) is 28.6 Å². The standard InChI is InChI=1S/C13H22F3N/c1-4-10(8-14)7-11(12(15)16)5-6-13(2,3)9-17/h10-12H,4-8H2,1-3H3. The van der Waals surface area contributed by atoms with E-state index in [9.17, 15) is 13.2 Å². The van der Waals surface area contributed by atoms with E-state index in [1.54, 1.807) is 13.8 Å². The maximum atomic E-state index is 12.8. The number of rotatable bonds is 8. The van der Waals surface area contributed by atoms with Crippen LogP contribution in [0.5, 0.6) is 0 Å². The molecule has 17 heavy (non-hydrogen) atoms. The lowest BCUT2D eigenvalue weighted by Crippen LogP contribution is -2.20. The Labute approximate surface area is 102 Å². The second-order valence-electron chi connectivity index (χ2n) is 5.29. The molecule has 0 radical (unpaired) electrons. The molecule has 1 nitrogen and oxygen atoms in total. The molecule has 0 saturated heterocycles. The van der Waals surface area contributed by atoms with Gasteiger partial charge in [-0.3, -0.25) is 4.39 Å². The predicted molar refractivity (Wildman–Crippen MR) is 62.5 cm³/mol. The molecule has 4 heteroatoms. The molecule has 0 fully saturated rings. The van der Waals surface area contributed by atoms with Crippen LogP contribution >= 0.6 is 0 Å². The Kier molecular flexibility index (Phi) is 7.26. The van der Waals surface area contributed by atoms with Crippen LogP contribution in [-0.2, 0) is 0 Å². The van der Waals surface area contributed by atoms with Gasteiger partial charge in [-0.15, -0.1) is 0 Å². The lowest BCUT2D eigenvalue weighted by atomic mass is 9.83. The Morgan fingerprint density at radius 3 is 2.24 bits per heavy atom. The van der Waals surface area contributed by atoms with Crippen LogP contribution < -0.4 is 0 Å². The van der Waals surface area contributed by atoms with E-state index >= 15 is 0 Å². The van der Waals surface area contributed by atoms with E-state index in [1.165, 1.54) is 0 Å². The SMILES string of the molecule is CCC(CF)CC(CCC(C)(C)C#N)C(F)F. The summed E-state index contributed by atoms with van der Waals surface area (Å²) in [5, 5.41) is 8.82. The van der Waals surface area contributed by atoms with E-state index in [0.717, 1.165) is 0 Å². The molecule has 0 spiro atoms. The Morgan fingerprint density at radius 2 is 1.88 bits per heavy atom. The Balaban J connectivity index is 4.31. The molecule has 0 aromatic carbocycles. The minimum atomic E-state index is -2.43. The fourth-order valence-electron chi connectivity index (χ4n) is 1.72. The van der Waals surface area contributed by atoms with Crippen LogP contribution in [0.2, 0.25) is 0 Å². The zero-order valence-corrected chi connectivity index (χ0v) is 10.8. The lowest BCUT2D eigenvalue weighted by Gasteiger charge is -2.23. The highest BCUT2D eigenvalue weighted by Gasteiger charge is 2.27. The van der Waals surface area contributed by atoms with Crippen molar-refractivity contribution < 1.29 is 13.2 Å². The maximum Gasteiger partial charge on any atom is 0.241 e. The normalized spacial score (nSPS) is 15.6. The average molecular weight is 249 g/mol. The first kappa shape index (κ1) is 16.3. The van der Waals surface area contributed by atoms with Gasteiger partial charge in [0.25, 0.3) is 0 Å². The molecule has 2 atom stereocenters. The van der Waals surface area contributed by atoms with Crippen molar-refractivity contribution in [2.75, 3.05) is 6.67 Å². The number of halogens is 3. The summed E-state index contributed by atoms with van der Waals surface area (Å²) in [6, 6.07) is 2.10. The second kappa shape index (κ2) is 7.58. The second-order valence-corrected chi connectivity index (χ2v) is 5.29. The molecule has 0 amide bonds. The first-order valence-electron chi connectivity index (χ1n) is 6.11. The fourth-order valence-corrected chi connectivity index (χ4v) is 1.72. The van der Waals surface area contributed by atoms with E-state index in [2.05, 4.69) is 6.07 Å². The Bertz CT molecular complexity index is 242. The van der Waals surface area contributed by atoms with E-state index in [1.807, 2.05) is 6.92 Å². The Hall–Kier alpha value is -0.720. The number of nitriles is 1. The monoisotopic (exact) mass is 249 g/mol. The summed E-state index contributed by atoms with van der Waals surface area (Å²) >= 11 is 0. The van der Waals surface area contributed by atoms with Crippen molar-refractivity contribution in [2.24, 2.45) is 17.3 Å². The summed E-state index contributed by atoms with van der Waals surface area (Å²) in [5.41, 5.74) is -0.579. The van der Waals surface area contributed by atoms with Crippen molar-refractivity contribution in [3.8, 4) is 6.07 Å². The van der Waals surface area contributed by atoms with Gasteiger partial charge in [-0.05, 0) is 39.0 Å². The van der Waals surface area contributed by atoms with Crippen LogP contribution in [0.4, 0.5) is 13.2 Å². The number of hydrogen-bond acceptors (Lipinski definition) is 1. The predicted octanol–water partition coefficient (Wildman–Crippen LogP) is 4.58. The lowest BCUT2D eigenvalue weighted by molar-refractivity contribution is 0.0499. The zero-order chi connectivity index (χ0) is 13.5. The molecule has 0 aliphatic rings. The molecular formula is C13H22F3N. The highest BCUT2D eigenvalue weighted by atomic mass is 19.3. The van der Waals surface area contributed by atoms with Crippen LogP contribution in [0.15, 0.2) is 0 Å². The van der Waals surface area contributed by atoms with Gasteiger partial charge < -0.3 is 0 Å². The average Bonchev–Trinajstić information content (AvgIpc) is 2.29. The molecule has 100 valence electrons. The number of nitrogens with zero attached hydrogens (tertiary/aromatic N) is 1. The molecule has 0 aliphatic carbocycles. The first-order chi connectivity index (χ1) is 7.86. The van der Waals surface area contributed by atoms with Gasteiger partial charge in [0.2, 0.25) is 6.43 Å². The third kappa shape index (κ3) is 6.55. The van der Waals surface area contributed by atoms with E-state index in [-0.39, 0.29) is 18.8 Å². The largest absolute Gasteiger partial charge is 0.251 e. The summed E-state index contributed by atoms with van der Waals surface area (Å²) in [7, 11) is 0. The van der Waals surface area contributed by atoms with Crippen LogP contribution in [-0.4, -0.2) is 13.1 Å². The summed E-state index contributed by atoms with van der Waals surface area (Å²) in [4.78, 5) is 0. The van der Waals surface area contributed by atoms with Crippen LogP contribution in [0.1, 0.15) is 46.5 Å².